The monoisotopic (exact) mass is 383 g/mol. The number of hydrogen-bond acceptors (Lipinski definition) is 5. The molecule has 7 heteroatoms. The number of hydrogen-bond donors (Lipinski definition) is 1. The van der Waals surface area contributed by atoms with Crippen LogP contribution < -0.4 is 10.1 Å². The molecular formula is C20H21N3O3S. The van der Waals surface area contributed by atoms with Crippen LogP contribution in [0.1, 0.15) is 17.0 Å². The van der Waals surface area contributed by atoms with E-state index < -0.39 is 0 Å². The smallest absolute Gasteiger partial charge is 0.287 e. The first-order chi connectivity index (χ1) is 13.1. The summed E-state index contributed by atoms with van der Waals surface area (Å²) < 4.78 is 12.4. The van der Waals surface area contributed by atoms with Crippen LogP contribution in [0.15, 0.2) is 59.0 Å². The summed E-state index contributed by atoms with van der Waals surface area (Å²) in [6.07, 6.45) is 0.770. The topological polar surface area (TPSA) is 69.3 Å². The SMILES string of the molecule is Cc1ccc(OCc2nn(CC(=O)NCCc3ccccc3)c(=S)o2)cc1. The minimum absolute atomic E-state index is 0.0155. The van der Waals surface area contributed by atoms with E-state index in [-0.39, 0.29) is 23.9 Å². The van der Waals surface area contributed by atoms with Gasteiger partial charge in [0.1, 0.15) is 12.3 Å². The summed E-state index contributed by atoms with van der Waals surface area (Å²) in [5, 5.41) is 7.07. The van der Waals surface area contributed by atoms with Crippen LogP contribution in [0.3, 0.4) is 0 Å². The number of nitrogens with one attached hydrogen (secondary N) is 1. The normalized spacial score (nSPS) is 10.6. The molecule has 0 radical (unpaired) electrons. The molecule has 0 fully saturated rings. The number of aromatic nitrogens is 2. The fourth-order valence-corrected chi connectivity index (χ4v) is 2.67. The molecular weight excluding hydrogens is 362 g/mol. The highest BCUT2D eigenvalue weighted by Gasteiger charge is 2.10. The van der Waals surface area contributed by atoms with Gasteiger partial charge in [0.2, 0.25) is 5.91 Å². The number of carbonyl (C=O) groups is 1. The zero-order valence-electron chi connectivity index (χ0n) is 15.1. The first-order valence-electron chi connectivity index (χ1n) is 8.67. The van der Waals surface area contributed by atoms with Gasteiger partial charge >= 0.3 is 0 Å². The van der Waals surface area contributed by atoms with E-state index in [1.54, 1.807) is 0 Å². The highest BCUT2D eigenvalue weighted by atomic mass is 32.1. The van der Waals surface area contributed by atoms with Crippen molar-refractivity contribution in [1.29, 1.82) is 0 Å². The minimum Gasteiger partial charge on any atom is -0.484 e. The number of benzene rings is 2. The van der Waals surface area contributed by atoms with Gasteiger partial charge in [0.05, 0.1) is 0 Å². The van der Waals surface area contributed by atoms with E-state index in [1.165, 1.54) is 10.2 Å². The fourth-order valence-electron chi connectivity index (χ4n) is 2.47. The van der Waals surface area contributed by atoms with Crippen LogP contribution in [0.25, 0.3) is 0 Å². The second kappa shape index (κ2) is 9.14. The summed E-state index contributed by atoms with van der Waals surface area (Å²) in [6.45, 7) is 2.73. The maximum atomic E-state index is 12.1. The maximum absolute atomic E-state index is 12.1. The third-order valence-electron chi connectivity index (χ3n) is 3.90. The van der Waals surface area contributed by atoms with Gasteiger partial charge in [-0.1, -0.05) is 48.0 Å². The van der Waals surface area contributed by atoms with Crippen molar-refractivity contribution in [2.24, 2.45) is 0 Å². The highest BCUT2D eigenvalue weighted by molar-refractivity contribution is 7.71. The summed E-state index contributed by atoms with van der Waals surface area (Å²) in [5.74, 6) is 0.883. The van der Waals surface area contributed by atoms with Gasteiger partial charge in [-0.15, -0.1) is 5.10 Å². The van der Waals surface area contributed by atoms with E-state index in [4.69, 9.17) is 21.4 Å². The molecule has 1 amide bonds. The van der Waals surface area contributed by atoms with Gasteiger partial charge in [-0.3, -0.25) is 4.79 Å². The summed E-state index contributed by atoms with van der Waals surface area (Å²) in [6, 6.07) is 17.7. The van der Waals surface area contributed by atoms with E-state index in [0.29, 0.717) is 12.4 Å². The molecule has 0 saturated carbocycles. The third-order valence-corrected chi connectivity index (χ3v) is 4.20. The Balaban J connectivity index is 1.48. The van der Waals surface area contributed by atoms with Crippen molar-refractivity contribution in [2.45, 2.75) is 26.5 Å². The van der Waals surface area contributed by atoms with Crippen molar-refractivity contribution in [3.05, 3.63) is 76.5 Å². The Morgan fingerprint density at radius 1 is 1.19 bits per heavy atom. The molecule has 0 atom stereocenters. The van der Waals surface area contributed by atoms with Crippen molar-refractivity contribution < 1.29 is 13.9 Å². The van der Waals surface area contributed by atoms with Gasteiger partial charge < -0.3 is 14.5 Å². The lowest BCUT2D eigenvalue weighted by atomic mass is 10.1. The molecule has 6 nitrogen and oxygen atoms in total. The second-order valence-corrected chi connectivity index (χ2v) is 6.46. The van der Waals surface area contributed by atoms with Crippen molar-refractivity contribution in [1.82, 2.24) is 15.1 Å². The molecule has 0 aliphatic heterocycles. The van der Waals surface area contributed by atoms with E-state index in [0.717, 1.165) is 17.7 Å². The summed E-state index contributed by atoms with van der Waals surface area (Å²) in [5.41, 5.74) is 2.33. The lowest BCUT2D eigenvalue weighted by Crippen LogP contribution is -2.29. The van der Waals surface area contributed by atoms with Crippen molar-refractivity contribution in [2.75, 3.05) is 6.54 Å². The van der Waals surface area contributed by atoms with Gasteiger partial charge in [-0.2, -0.15) is 0 Å². The van der Waals surface area contributed by atoms with Crippen molar-refractivity contribution >= 4 is 18.1 Å². The van der Waals surface area contributed by atoms with Crippen LogP contribution in [0, 0.1) is 11.8 Å². The first-order valence-corrected chi connectivity index (χ1v) is 9.08. The molecule has 0 spiro atoms. The molecule has 0 bridgehead atoms. The van der Waals surface area contributed by atoms with Crippen LogP contribution in [0.4, 0.5) is 0 Å². The zero-order valence-corrected chi connectivity index (χ0v) is 15.9. The Morgan fingerprint density at radius 2 is 1.93 bits per heavy atom. The number of ether oxygens (including phenoxy) is 1. The molecule has 140 valence electrons. The number of amides is 1. The van der Waals surface area contributed by atoms with Crippen LogP contribution in [-0.2, 0) is 24.4 Å². The minimum atomic E-state index is -0.165. The first kappa shape index (κ1) is 18.8. The summed E-state index contributed by atoms with van der Waals surface area (Å²) >= 11 is 5.13. The van der Waals surface area contributed by atoms with Crippen LogP contribution in [0.2, 0.25) is 0 Å². The van der Waals surface area contributed by atoms with Crippen LogP contribution in [-0.4, -0.2) is 22.2 Å². The van der Waals surface area contributed by atoms with Crippen molar-refractivity contribution in [3.8, 4) is 5.75 Å². The molecule has 2 aromatic carbocycles. The molecule has 0 saturated heterocycles. The lowest BCUT2D eigenvalue weighted by molar-refractivity contribution is -0.121. The van der Waals surface area contributed by atoms with Crippen LogP contribution >= 0.6 is 12.2 Å². The predicted octanol–water partition coefficient (Wildman–Crippen LogP) is 3.45. The molecule has 27 heavy (non-hydrogen) atoms. The Labute approximate surface area is 162 Å². The van der Waals surface area contributed by atoms with E-state index in [2.05, 4.69) is 10.4 Å². The predicted molar refractivity (Wildman–Crippen MR) is 104 cm³/mol. The van der Waals surface area contributed by atoms with Gasteiger partial charge in [-0.25, -0.2) is 4.68 Å². The molecule has 0 aliphatic rings. The lowest BCUT2D eigenvalue weighted by Gasteiger charge is -2.05. The molecule has 3 aromatic rings. The number of rotatable bonds is 8. The Kier molecular flexibility index (Phi) is 6.38. The highest BCUT2D eigenvalue weighted by Crippen LogP contribution is 2.13. The van der Waals surface area contributed by atoms with Crippen molar-refractivity contribution in [3.63, 3.8) is 0 Å². The number of carbonyl (C=O) groups excluding carboxylic acids is 1. The van der Waals surface area contributed by atoms with E-state index in [9.17, 15) is 4.79 Å². The van der Waals surface area contributed by atoms with Gasteiger partial charge in [0.15, 0.2) is 6.61 Å². The standard InChI is InChI=1S/C20H21N3O3S/c1-15-7-9-17(10-8-15)25-14-19-22-23(20(27)26-19)13-18(24)21-12-11-16-5-3-2-4-6-16/h2-10H,11-14H2,1H3,(H,21,24). The van der Waals surface area contributed by atoms with Gasteiger partial charge in [0, 0.05) is 6.54 Å². The number of nitrogens with zero attached hydrogens (tertiary/aromatic N) is 2. The summed E-state index contributed by atoms with van der Waals surface area (Å²) in [7, 11) is 0. The second-order valence-electron chi connectivity index (χ2n) is 6.11. The molecule has 3 rings (SSSR count). The average Bonchev–Trinajstić information content (AvgIpc) is 3.01. The molecule has 1 aromatic heterocycles. The molecule has 0 aliphatic carbocycles. The Hall–Kier alpha value is -2.93. The molecule has 0 unspecified atom stereocenters. The van der Waals surface area contributed by atoms with Gasteiger partial charge in [0.25, 0.3) is 10.7 Å². The number of aryl methyl sites for hydroxylation is 1. The van der Waals surface area contributed by atoms with E-state index in [1.807, 2.05) is 61.5 Å². The fraction of sp³-hybridized carbons (Fsp3) is 0.250. The zero-order chi connectivity index (χ0) is 19.1. The molecule has 1 N–H and O–H groups in total. The molecule has 1 heterocycles. The van der Waals surface area contributed by atoms with Crippen LogP contribution in [0.5, 0.6) is 5.75 Å². The third kappa shape index (κ3) is 5.79. The Morgan fingerprint density at radius 3 is 2.67 bits per heavy atom. The summed E-state index contributed by atoms with van der Waals surface area (Å²) in [4.78, 5) is 12.2. The van der Waals surface area contributed by atoms with Gasteiger partial charge in [-0.05, 0) is 43.3 Å². The quantitative estimate of drug-likeness (QED) is 0.604. The Bertz CT molecular complexity index is 933. The maximum Gasteiger partial charge on any atom is 0.287 e. The largest absolute Gasteiger partial charge is 0.484 e. The van der Waals surface area contributed by atoms with E-state index >= 15 is 0 Å². The average molecular weight is 383 g/mol.